The number of halogens is 1. The molecule has 0 bridgehead atoms. The molecule has 8 heteroatoms. The van der Waals surface area contributed by atoms with Crippen LogP contribution in [0.3, 0.4) is 0 Å². The Morgan fingerprint density at radius 1 is 1.25 bits per heavy atom. The number of fused-ring (bicyclic) bond motifs is 1. The van der Waals surface area contributed by atoms with Crippen LogP contribution in [0.2, 0.25) is 5.28 Å². The van der Waals surface area contributed by atoms with Crippen molar-refractivity contribution in [1.29, 1.82) is 0 Å². The first-order valence-corrected chi connectivity index (χ1v) is 9.19. The largest absolute Gasteiger partial charge is 0.459 e. The first kappa shape index (κ1) is 17.4. The topological polar surface area (TPSA) is 64.5 Å². The number of hydrogen-bond acceptors (Lipinski definition) is 7. The van der Waals surface area contributed by atoms with Gasteiger partial charge >= 0.3 is 5.97 Å². The number of rotatable bonds is 5. The Kier molecular flexibility index (Phi) is 5.53. The van der Waals surface area contributed by atoms with Crippen molar-refractivity contribution in [2.75, 3.05) is 38.3 Å². The summed E-state index contributed by atoms with van der Waals surface area (Å²) in [5.74, 6) is 0.475. The van der Waals surface area contributed by atoms with Gasteiger partial charge in [0.15, 0.2) is 0 Å². The zero-order chi connectivity index (χ0) is 17.1. The summed E-state index contributed by atoms with van der Waals surface area (Å²) in [4.78, 5) is 24.6. The Morgan fingerprint density at radius 3 is 2.71 bits per heavy atom. The quantitative estimate of drug-likeness (QED) is 0.457. The van der Waals surface area contributed by atoms with Gasteiger partial charge in [-0.3, -0.25) is 0 Å². The fourth-order valence-electron chi connectivity index (χ4n) is 2.90. The molecule has 0 amide bonds. The third-order valence-electron chi connectivity index (χ3n) is 4.11. The lowest BCUT2D eigenvalue weighted by molar-refractivity contribution is 0.0393. The molecule has 24 heavy (non-hydrogen) atoms. The van der Waals surface area contributed by atoms with Crippen molar-refractivity contribution < 1.29 is 14.3 Å². The minimum Gasteiger partial charge on any atom is -0.459 e. The van der Waals surface area contributed by atoms with E-state index in [1.165, 1.54) is 17.8 Å². The summed E-state index contributed by atoms with van der Waals surface area (Å²) in [6, 6.07) is 0. The molecule has 1 saturated heterocycles. The number of carbonyl (C=O) groups is 1. The summed E-state index contributed by atoms with van der Waals surface area (Å²) in [5.41, 5.74) is 0.856. The standard InChI is InChI=1S/C16H20ClN3O3S/c1-10-11-13(20-6-4-3-5-7-20)18-16(17)19-14(11)24-12(10)15(21)23-9-8-22-2/h3-9H2,1-2H3. The third-order valence-corrected chi connectivity index (χ3v) is 5.44. The Morgan fingerprint density at radius 2 is 2.00 bits per heavy atom. The average molecular weight is 370 g/mol. The Hall–Kier alpha value is -1.44. The number of esters is 1. The monoisotopic (exact) mass is 369 g/mol. The lowest BCUT2D eigenvalue weighted by Crippen LogP contribution is -2.30. The van der Waals surface area contributed by atoms with Gasteiger partial charge in [-0.25, -0.2) is 9.78 Å². The van der Waals surface area contributed by atoms with Crippen LogP contribution >= 0.6 is 22.9 Å². The first-order valence-electron chi connectivity index (χ1n) is 7.99. The van der Waals surface area contributed by atoms with E-state index in [9.17, 15) is 4.79 Å². The summed E-state index contributed by atoms with van der Waals surface area (Å²) in [6.07, 6.45) is 3.51. The van der Waals surface area contributed by atoms with Gasteiger partial charge in [-0.05, 0) is 43.4 Å². The highest BCUT2D eigenvalue weighted by Crippen LogP contribution is 2.37. The van der Waals surface area contributed by atoms with Crippen LogP contribution in [0.15, 0.2) is 0 Å². The smallest absolute Gasteiger partial charge is 0.348 e. The van der Waals surface area contributed by atoms with E-state index in [0.717, 1.165) is 47.5 Å². The van der Waals surface area contributed by atoms with E-state index in [2.05, 4.69) is 14.9 Å². The number of anilines is 1. The van der Waals surface area contributed by atoms with Crippen LogP contribution < -0.4 is 4.90 Å². The average Bonchev–Trinajstić information content (AvgIpc) is 2.92. The second kappa shape index (κ2) is 7.63. The van der Waals surface area contributed by atoms with E-state index in [1.54, 1.807) is 7.11 Å². The number of thiophene rings is 1. The maximum absolute atomic E-state index is 12.3. The summed E-state index contributed by atoms with van der Waals surface area (Å²) in [5, 5.41) is 1.12. The van der Waals surface area contributed by atoms with Crippen LogP contribution in [0, 0.1) is 6.92 Å². The van der Waals surface area contributed by atoms with Crippen LogP contribution in [0.5, 0.6) is 0 Å². The molecule has 0 unspecified atom stereocenters. The highest BCUT2D eigenvalue weighted by Gasteiger charge is 2.24. The fraction of sp³-hybridized carbons (Fsp3) is 0.562. The van der Waals surface area contributed by atoms with Gasteiger partial charge in [-0.1, -0.05) is 0 Å². The van der Waals surface area contributed by atoms with Gasteiger partial charge in [0.2, 0.25) is 5.28 Å². The molecule has 0 spiro atoms. The number of aromatic nitrogens is 2. The number of carbonyl (C=O) groups excluding carboxylic acids is 1. The molecule has 2 aromatic rings. The van der Waals surface area contributed by atoms with Crippen molar-refractivity contribution in [3.05, 3.63) is 15.7 Å². The van der Waals surface area contributed by atoms with E-state index in [1.807, 2.05) is 6.92 Å². The Balaban J connectivity index is 1.99. The summed E-state index contributed by atoms with van der Waals surface area (Å²) < 4.78 is 10.2. The second-order valence-electron chi connectivity index (χ2n) is 5.73. The molecule has 0 N–H and O–H groups in total. The summed E-state index contributed by atoms with van der Waals surface area (Å²) in [6.45, 7) is 4.42. The van der Waals surface area contributed by atoms with Crippen LogP contribution in [-0.4, -0.2) is 49.4 Å². The molecule has 0 atom stereocenters. The number of piperidine rings is 1. The van der Waals surface area contributed by atoms with Gasteiger partial charge in [0.05, 0.1) is 12.0 Å². The van der Waals surface area contributed by atoms with E-state index in [4.69, 9.17) is 21.1 Å². The number of hydrogen-bond donors (Lipinski definition) is 0. The van der Waals surface area contributed by atoms with Gasteiger partial charge in [0.25, 0.3) is 0 Å². The summed E-state index contributed by atoms with van der Waals surface area (Å²) >= 11 is 7.42. The van der Waals surface area contributed by atoms with E-state index < -0.39 is 0 Å². The Labute approximate surface area is 149 Å². The van der Waals surface area contributed by atoms with Crippen LogP contribution in [0.4, 0.5) is 5.82 Å². The number of nitrogens with zero attached hydrogens (tertiary/aromatic N) is 3. The lowest BCUT2D eigenvalue weighted by Gasteiger charge is -2.28. The molecule has 0 radical (unpaired) electrons. The molecular weight excluding hydrogens is 350 g/mol. The van der Waals surface area contributed by atoms with Gasteiger partial charge in [0.1, 0.15) is 22.1 Å². The zero-order valence-corrected chi connectivity index (χ0v) is 15.4. The molecule has 6 nitrogen and oxygen atoms in total. The molecule has 0 saturated carbocycles. The molecule has 3 heterocycles. The maximum Gasteiger partial charge on any atom is 0.348 e. The number of aryl methyl sites for hydroxylation is 1. The van der Waals surface area contributed by atoms with E-state index >= 15 is 0 Å². The lowest BCUT2D eigenvalue weighted by atomic mass is 10.1. The normalized spacial score (nSPS) is 15.0. The van der Waals surface area contributed by atoms with Gasteiger partial charge in [0, 0.05) is 20.2 Å². The van der Waals surface area contributed by atoms with Gasteiger partial charge in [-0.15, -0.1) is 11.3 Å². The second-order valence-corrected chi connectivity index (χ2v) is 7.07. The molecule has 1 aliphatic rings. The molecule has 1 fully saturated rings. The minimum atomic E-state index is -0.353. The fourth-order valence-corrected chi connectivity index (χ4v) is 4.19. The molecule has 1 aliphatic heterocycles. The van der Waals surface area contributed by atoms with E-state index in [-0.39, 0.29) is 17.9 Å². The van der Waals surface area contributed by atoms with E-state index in [0.29, 0.717) is 11.5 Å². The highest BCUT2D eigenvalue weighted by molar-refractivity contribution is 7.20. The van der Waals surface area contributed by atoms with Crippen LogP contribution in [0.25, 0.3) is 10.2 Å². The summed E-state index contributed by atoms with van der Waals surface area (Å²) in [7, 11) is 1.57. The van der Waals surface area contributed by atoms with Crippen molar-refractivity contribution in [2.24, 2.45) is 0 Å². The molecule has 3 rings (SSSR count). The predicted octanol–water partition coefficient (Wildman–Crippen LogP) is 3.45. The van der Waals surface area contributed by atoms with Crippen molar-refractivity contribution in [3.63, 3.8) is 0 Å². The number of ether oxygens (including phenoxy) is 2. The van der Waals surface area contributed by atoms with Gasteiger partial charge in [-0.2, -0.15) is 4.98 Å². The van der Waals surface area contributed by atoms with Gasteiger partial charge < -0.3 is 14.4 Å². The SMILES string of the molecule is COCCOC(=O)c1sc2nc(Cl)nc(N3CCCCC3)c2c1C. The molecular formula is C16H20ClN3O3S. The molecule has 2 aromatic heterocycles. The predicted molar refractivity (Wildman–Crippen MR) is 95.4 cm³/mol. The molecule has 130 valence electrons. The van der Waals surface area contributed by atoms with Crippen molar-refractivity contribution in [2.45, 2.75) is 26.2 Å². The van der Waals surface area contributed by atoms with Crippen molar-refractivity contribution in [3.8, 4) is 0 Å². The third kappa shape index (κ3) is 3.48. The van der Waals surface area contributed by atoms with Crippen LogP contribution in [-0.2, 0) is 9.47 Å². The molecule has 0 aromatic carbocycles. The van der Waals surface area contributed by atoms with Crippen molar-refractivity contribution >= 4 is 44.9 Å². The highest BCUT2D eigenvalue weighted by atomic mass is 35.5. The zero-order valence-electron chi connectivity index (χ0n) is 13.8. The van der Waals surface area contributed by atoms with Crippen molar-refractivity contribution in [1.82, 2.24) is 9.97 Å². The molecule has 0 aliphatic carbocycles. The maximum atomic E-state index is 12.3. The minimum absolute atomic E-state index is 0.212. The Bertz CT molecular complexity index is 744. The van der Waals surface area contributed by atoms with Crippen LogP contribution in [0.1, 0.15) is 34.5 Å². The first-order chi connectivity index (χ1) is 11.6. The number of methoxy groups -OCH3 is 1.